The molecule has 2 rings (SSSR count). The molecule has 4 N–H and O–H groups in total. The first-order chi connectivity index (χ1) is 7.58. The average Bonchev–Trinajstić information content (AvgIpc) is 2.15. The SMILES string of the molecule is Nc1nc(O)c(-c2cccc(Cl)c2)c(=O)[nH]1. The summed E-state index contributed by atoms with van der Waals surface area (Å²) in [6.45, 7) is 0. The Morgan fingerprint density at radius 1 is 1.44 bits per heavy atom. The maximum absolute atomic E-state index is 11.6. The fourth-order valence-corrected chi connectivity index (χ4v) is 1.57. The molecule has 1 heterocycles. The van der Waals surface area contributed by atoms with E-state index in [-0.39, 0.29) is 11.5 Å². The topological polar surface area (TPSA) is 92.0 Å². The molecule has 1 aromatic carbocycles. The van der Waals surface area contributed by atoms with E-state index >= 15 is 0 Å². The van der Waals surface area contributed by atoms with Crippen LogP contribution in [0.2, 0.25) is 5.02 Å². The zero-order valence-corrected chi connectivity index (χ0v) is 8.82. The maximum Gasteiger partial charge on any atom is 0.264 e. The number of nitrogens with two attached hydrogens (primary N) is 1. The van der Waals surface area contributed by atoms with E-state index in [0.717, 1.165) is 0 Å². The molecule has 6 heteroatoms. The van der Waals surface area contributed by atoms with Gasteiger partial charge in [0.05, 0.1) is 0 Å². The van der Waals surface area contributed by atoms with E-state index in [4.69, 9.17) is 17.3 Å². The summed E-state index contributed by atoms with van der Waals surface area (Å²) in [5, 5.41) is 10.0. The van der Waals surface area contributed by atoms with Crippen molar-refractivity contribution in [2.75, 3.05) is 5.73 Å². The van der Waals surface area contributed by atoms with Crippen LogP contribution in [0.1, 0.15) is 0 Å². The lowest BCUT2D eigenvalue weighted by Gasteiger charge is -2.03. The molecule has 0 saturated heterocycles. The van der Waals surface area contributed by atoms with Gasteiger partial charge in [-0.25, -0.2) is 0 Å². The highest BCUT2D eigenvalue weighted by Gasteiger charge is 2.11. The number of hydrogen-bond donors (Lipinski definition) is 3. The molecule has 0 aliphatic rings. The molecule has 5 nitrogen and oxygen atoms in total. The summed E-state index contributed by atoms with van der Waals surface area (Å²) in [6, 6.07) is 6.55. The van der Waals surface area contributed by atoms with Gasteiger partial charge in [0.1, 0.15) is 5.56 Å². The van der Waals surface area contributed by atoms with E-state index in [2.05, 4.69) is 9.97 Å². The number of aromatic hydroxyl groups is 1. The first-order valence-corrected chi connectivity index (χ1v) is 4.80. The van der Waals surface area contributed by atoms with Gasteiger partial charge >= 0.3 is 0 Å². The van der Waals surface area contributed by atoms with Crippen LogP contribution in [0.5, 0.6) is 5.88 Å². The van der Waals surface area contributed by atoms with E-state index in [1.54, 1.807) is 24.3 Å². The molecular formula is C10H8ClN3O2. The predicted molar refractivity (Wildman–Crippen MR) is 61.4 cm³/mol. The Bertz CT molecular complexity index is 595. The summed E-state index contributed by atoms with van der Waals surface area (Å²) in [7, 11) is 0. The molecule has 0 aliphatic heterocycles. The van der Waals surface area contributed by atoms with Crippen molar-refractivity contribution in [3.63, 3.8) is 0 Å². The fraction of sp³-hybridized carbons (Fsp3) is 0. The maximum atomic E-state index is 11.6. The third-order valence-corrected chi connectivity index (χ3v) is 2.27. The van der Waals surface area contributed by atoms with Crippen molar-refractivity contribution in [3.05, 3.63) is 39.6 Å². The van der Waals surface area contributed by atoms with Crippen LogP contribution in [-0.2, 0) is 0 Å². The van der Waals surface area contributed by atoms with Crippen molar-refractivity contribution in [2.45, 2.75) is 0 Å². The quantitative estimate of drug-likeness (QED) is 0.699. The number of aromatic amines is 1. The summed E-state index contributed by atoms with van der Waals surface area (Å²) in [5.74, 6) is -0.545. The number of anilines is 1. The van der Waals surface area contributed by atoms with Crippen LogP contribution in [0.25, 0.3) is 11.1 Å². The molecule has 0 amide bonds. The smallest absolute Gasteiger partial charge is 0.264 e. The lowest BCUT2D eigenvalue weighted by Crippen LogP contribution is -2.13. The minimum atomic E-state index is -0.507. The molecule has 0 spiro atoms. The monoisotopic (exact) mass is 237 g/mol. The van der Waals surface area contributed by atoms with Crippen LogP contribution in [-0.4, -0.2) is 15.1 Å². The number of rotatable bonds is 1. The predicted octanol–water partition coefficient (Wildman–Crippen LogP) is 1.38. The molecule has 0 saturated carbocycles. The van der Waals surface area contributed by atoms with Crippen molar-refractivity contribution in [1.29, 1.82) is 0 Å². The van der Waals surface area contributed by atoms with Crippen LogP contribution >= 0.6 is 11.6 Å². The first-order valence-electron chi connectivity index (χ1n) is 4.42. The van der Waals surface area contributed by atoms with E-state index in [0.29, 0.717) is 10.6 Å². The Labute approximate surface area is 95.5 Å². The highest BCUT2D eigenvalue weighted by molar-refractivity contribution is 6.30. The number of halogens is 1. The normalized spacial score (nSPS) is 10.3. The molecule has 0 aliphatic carbocycles. The summed E-state index contributed by atoms with van der Waals surface area (Å²) in [5.41, 5.74) is 5.31. The minimum absolute atomic E-state index is 0.0525. The lowest BCUT2D eigenvalue weighted by molar-refractivity contribution is 0.454. The zero-order chi connectivity index (χ0) is 11.7. The number of benzene rings is 1. The van der Waals surface area contributed by atoms with E-state index in [9.17, 15) is 9.90 Å². The molecule has 0 atom stereocenters. The van der Waals surface area contributed by atoms with E-state index in [1.165, 1.54) is 0 Å². The number of hydrogen-bond acceptors (Lipinski definition) is 4. The summed E-state index contributed by atoms with van der Waals surface area (Å²) in [4.78, 5) is 17.5. The Kier molecular flexibility index (Phi) is 2.54. The Morgan fingerprint density at radius 3 is 2.81 bits per heavy atom. The molecule has 0 radical (unpaired) electrons. The van der Waals surface area contributed by atoms with Gasteiger partial charge in [-0.05, 0) is 17.7 Å². The second kappa shape index (κ2) is 3.86. The van der Waals surface area contributed by atoms with Gasteiger partial charge in [-0.3, -0.25) is 9.78 Å². The van der Waals surface area contributed by atoms with Crippen molar-refractivity contribution in [1.82, 2.24) is 9.97 Å². The van der Waals surface area contributed by atoms with Gasteiger partial charge in [-0.1, -0.05) is 23.7 Å². The van der Waals surface area contributed by atoms with Gasteiger partial charge in [0.2, 0.25) is 11.8 Å². The number of nitrogens with zero attached hydrogens (tertiary/aromatic N) is 1. The van der Waals surface area contributed by atoms with Crippen LogP contribution in [0.15, 0.2) is 29.1 Å². The van der Waals surface area contributed by atoms with E-state index in [1.807, 2.05) is 0 Å². The second-order valence-corrected chi connectivity index (χ2v) is 3.60. The summed E-state index contributed by atoms with van der Waals surface area (Å²) >= 11 is 5.79. The molecule has 0 fully saturated rings. The van der Waals surface area contributed by atoms with Crippen molar-refractivity contribution in [2.24, 2.45) is 0 Å². The molecule has 0 bridgehead atoms. The summed E-state index contributed by atoms with van der Waals surface area (Å²) in [6.07, 6.45) is 0. The van der Waals surface area contributed by atoms with Crippen LogP contribution in [0, 0.1) is 0 Å². The molecule has 16 heavy (non-hydrogen) atoms. The Morgan fingerprint density at radius 2 is 2.19 bits per heavy atom. The average molecular weight is 238 g/mol. The van der Waals surface area contributed by atoms with Gasteiger partial charge in [-0.2, -0.15) is 4.98 Å². The molecule has 1 aromatic heterocycles. The number of H-pyrrole nitrogens is 1. The largest absolute Gasteiger partial charge is 0.493 e. The van der Waals surface area contributed by atoms with Gasteiger partial charge in [-0.15, -0.1) is 0 Å². The van der Waals surface area contributed by atoms with Gasteiger partial charge in [0.15, 0.2) is 0 Å². The van der Waals surface area contributed by atoms with Gasteiger partial charge in [0, 0.05) is 5.02 Å². The van der Waals surface area contributed by atoms with Gasteiger partial charge < -0.3 is 10.8 Å². The summed E-state index contributed by atoms with van der Waals surface area (Å²) < 4.78 is 0. The Hall–Kier alpha value is -2.01. The van der Waals surface area contributed by atoms with Crippen LogP contribution in [0.4, 0.5) is 5.95 Å². The zero-order valence-electron chi connectivity index (χ0n) is 8.07. The molecule has 82 valence electrons. The third-order valence-electron chi connectivity index (χ3n) is 2.03. The number of aromatic nitrogens is 2. The lowest BCUT2D eigenvalue weighted by atomic mass is 10.1. The first kappa shape index (κ1) is 10.5. The van der Waals surface area contributed by atoms with E-state index < -0.39 is 11.4 Å². The van der Waals surface area contributed by atoms with Gasteiger partial charge in [0.25, 0.3) is 5.56 Å². The number of nitrogens with one attached hydrogen (secondary N) is 1. The highest BCUT2D eigenvalue weighted by Crippen LogP contribution is 2.25. The Balaban J connectivity index is 2.70. The number of nitrogen functional groups attached to an aromatic ring is 1. The van der Waals surface area contributed by atoms with Crippen molar-refractivity contribution < 1.29 is 5.11 Å². The molecule has 0 unspecified atom stereocenters. The van der Waals surface area contributed by atoms with Crippen LogP contribution in [0.3, 0.4) is 0 Å². The van der Waals surface area contributed by atoms with Crippen LogP contribution < -0.4 is 11.3 Å². The fourth-order valence-electron chi connectivity index (χ4n) is 1.38. The minimum Gasteiger partial charge on any atom is -0.493 e. The van der Waals surface area contributed by atoms with Crippen molar-refractivity contribution in [3.8, 4) is 17.0 Å². The molecule has 2 aromatic rings. The molecular weight excluding hydrogens is 230 g/mol. The standard InChI is InChI=1S/C10H8ClN3O2/c11-6-3-1-2-5(4-6)7-8(15)13-10(12)14-9(7)16/h1-4H,(H4,12,13,14,15,16). The third kappa shape index (κ3) is 1.85. The highest BCUT2D eigenvalue weighted by atomic mass is 35.5. The van der Waals surface area contributed by atoms with Crippen molar-refractivity contribution >= 4 is 17.5 Å². The second-order valence-electron chi connectivity index (χ2n) is 3.16.